The number of ketones is 1. The van der Waals surface area contributed by atoms with Crippen LogP contribution in [0.5, 0.6) is 17.2 Å². The van der Waals surface area contributed by atoms with E-state index in [9.17, 15) is 9.59 Å². The normalized spacial score (nSPS) is 14.0. The Labute approximate surface area is 154 Å². The van der Waals surface area contributed by atoms with Crippen molar-refractivity contribution in [3.05, 3.63) is 83.5 Å². The zero-order chi connectivity index (χ0) is 18.8. The number of rotatable bonds is 4. The van der Waals surface area contributed by atoms with Gasteiger partial charge in [0, 0.05) is 11.6 Å². The number of para-hydroxylation sites is 1. The molecule has 27 heavy (non-hydrogen) atoms. The van der Waals surface area contributed by atoms with Crippen molar-refractivity contribution in [2.45, 2.75) is 0 Å². The summed E-state index contributed by atoms with van der Waals surface area (Å²) in [5.41, 5.74) is 0.979. The van der Waals surface area contributed by atoms with E-state index < -0.39 is 5.97 Å². The average Bonchev–Trinajstić information content (AvgIpc) is 3.32. The van der Waals surface area contributed by atoms with Crippen molar-refractivity contribution in [1.82, 2.24) is 0 Å². The lowest BCUT2D eigenvalue weighted by molar-refractivity contribution is 0.0701. The molecule has 0 spiro atoms. The molecule has 2 aromatic carbocycles. The molecule has 1 aliphatic rings. The summed E-state index contributed by atoms with van der Waals surface area (Å²) in [6.45, 7) is 0. The van der Waals surface area contributed by atoms with Crippen LogP contribution < -0.4 is 14.2 Å². The first-order chi connectivity index (χ1) is 13.2. The van der Waals surface area contributed by atoms with Gasteiger partial charge in [0.1, 0.15) is 17.2 Å². The van der Waals surface area contributed by atoms with E-state index in [0.717, 1.165) is 0 Å². The fraction of sp³-hybridized carbons (Fsp3) is 0.0476. The van der Waals surface area contributed by atoms with Gasteiger partial charge in [0.25, 0.3) is 0 Å². The van der Waals surface area contributed by atoms with Gasteiger partial charge in [-0.3, -0.25) is 4.79 Å². The van der Waals surface area contributed by atoms with E-state index in [0.29, 0.717) is 22.6 Å². The van der Waals surface area contributed by atoms with E-state index >= 15 is 0 Å². The smallest absolute Gasteiger partial charge is 0.379 e. The first-order valence-electron chi connectivity index (χ1n) is 8.13. The van der Waals surface area contributed by atoms with Crippen LogP contribution in [0.1, 0.15) is 26.5 Å². The van der Waals surface area contributed by atoms with Crippen LogP contribution in [0.4, 0.5) is 0 Å². The molecule has 0 amide bonds. The third-order valence-electron chi connectivity index (χ3n) is 4.01. The maximum Gasteiger partial charge on any atom is 0.379 e. The van der Waals surface area contributed by atoms with Gasteiger partial charge in [0.15, 0.2) is 5.76 Å². The van der Waals surface area contributed by atoms with Gasteiger partial charge < -0.3 is 18.6 Å². The fourth-order valence-corrected chi connectivity index (χ4v) is 2.67. The predicted molar refractivity (Wildman–Crippen MR) is 96.0 cm³/mol. The van der Waals surface area contributed by atoms with E-state index in [-0.39, 0.29) is 23.1 Å². The minimum absolute atomic E-state index is 0.0881. The molecule has 3 aromatic rings. The molecule has 6 nitrogen and oxygen atoms in total. The second kappa shape index (κ2) is 6.84. The van der Waals surface area contributed by atoms with Crippen molar-refractivity contribution in [2.24, 2.45) is 0 Å². The van der Waals surface area contributed by atoms with Crippen LogP contribution in [0, 0.1) is 0 Å². The molecule has 0 unspecified atom stereocenters. The van der Waals surface area contributed by atoms with Gasteiger partial charge in [-0.2, -0.15) is 0 Å². The topological polar surface area (TPSA) is 75.0 Å². The van der Waals surface area contributed by atoms with E-state index in [1.165, 1.54) is 12.3 Å². The largest absolute Gasteiger partial charge is 0.497 e. The Morgan fingerprint density at radius 2 is 1.93 bits per heavy atom. The molecule has 0 fully saturated rings. The Hall–Kier alpha value is -3.80. The summed E-state index contributed by atoms with van der Waals surface area (Å²) in [4.78, 5) is 24.7. The Balaban J connectivity index is 1.63. The van der Waals surface area contributed by atoms with Crippen LogP contribution in [0.2, 0.25) is 0 Å². The van der Waals surface area contributed by atoms with Gasteiger partial charge in [-0.15, -0.1) is 0 Å². The predicted octanol–water partition coefficient (Wildman–Crippen LogP) is 4.12. The lowest BCUT2D eigenvalue weighted by Crippen LogP contribution is -2.08. The second-order valence-electron chi connectivity index (χ2n) is 5.71. The number of allylic oxidation sites excluding steroid dienone is 1. The number of hydrogen-bond donors (Lipinski definition) is 0. The number of hydrogen-bond acceptors (Lipinski definition) is 6. The lowest BCUT2D eigenvalue weighted by Gasteiger charge is -2.07. The van der Waals surface area contributed by atoms with Gasteiger partial charge in [-0.05, 0) is 36.4 Å². The van der Waals surface area contributed by atoms with Crippen LogP contribution >= 0.6 is 0 Å². The van der Waals surface area contributed by atoms with Gasteiger partial charge in [-0.25, -0.2) is 4.79 Å². The summed E-state index contributed by atoms with van der Waals surface area (Å²) in [6.07, 6.45) is 2.93. The third-order valence-corrected chi connectivity index (χ3v) is 4.01. The Kier molecular flexibility index (Phi) is 4.22. The summed E-state index contributed by atoms with van der Waals surface area (Å²) in [7, 11) is 1.54. The molecule has 0 saturated carbocycles. The molecule has 0 saturated heterocycles. The van der Waals surface area contributed by atoms with Crippen molar-refractivity contribution >= 4 is 17.8 Å². The minimum Gasteiger partial charge on any atom is -0.497 e. The number of fused-ring (bicyclic) bond motifs is 1. The highest BCUT2D eigenvalue weighted by Gasteiger charge is 2.28. The number of esters is 1. The first-order valence-corrected chi connectivity index (χ1v) is 8.13. The molecule has 2 heterocycles. The summed E-state index contributed by atoms with van der Waals surface area (Å²) in [6, 6.07) is 15.0. The van der Waals surface area contributed by atoms with Gasteiger partial charge in [0.2, 0.25) is 11.5 Å². The van der Waals surface area contributed by atoms with Crippen LogP contribution in [0.15, 0.2) is 71.0 Å². The van der Waals surface area contributed by atoms with Crippen molar-refractivity contribution in [3.63, 3.8) is 0 Å². The molecule has 134 valence electrons. The van der Waals surface area contributed by atoms with E-state index in [2.05, 4.69) is 0 Å². The van der Waals surface area contributed by atoms with Gasteiger partial charge >= 0.3 is 5.97 Å². The van der Waals surface area contributed by atoms with E-state index in [4.69, 9.17) is 18.6 Å². The van der Waals surface area contributed by atoms with Crippen LogP contribution in [-0.4, -0.2) is 18.9 Å². The van der Waals surface area contributed by atoms with Crippen molar-refractivity contribution in [1.29, 1.82) is 0 Å². The number of furan rings is 1. The van der Waals surface area contributed by atoms with Crippen molar-refractivity contribution in [3.8, 4) is 17.2 Å². The summed E-state index contributed by atoms with van der Waals surface area (Å²) in [5, 5.41) is 0. The number of carbonyl (C=O) groups is 2. The number of ether oxygens (including phenoxy) is 3. The monoisotopic (exact) mass is 362 g/mol. The summed E-state index contributed by atoms with van der Waals surface area (Å²) in [5.74, 6) is 0.657. The molecule has 1 aliphatic heterocycles. The zero-order valence-corrected chi connectivity index (χ0v) is 14.3. The number of carbonyl (C=O) groups excluding carboxylic acids is 2. The third kappa shape index (κ3) is 3.20. The summed E-state index contributed by atoms with van der Waals surface area (Å²) < 4.78 is 21.2. The molecular formula is C21H14O6. The van der Waals surface area contributed by atoms with E-state index in [1.807, 2.05) is 0 Å². The van der Waals surface area contributed by atoms with E-state index in [1.54, 1.807) is 61.7 Å². The van der Waals surface area contributed by atoms with Gasteiger partial charge in [0.05, 0.1) is 18.9 Å². The first kappa shape index (κ1) is 16.7. The highest BCUT2D eigenvalue weighted by atomic mass is 16.5. The molecule has 0 bridgehead atoms. The van der Waals surface area contributed by atoms with Crippen LogP contribution in [0.25, 0.3) is 6.08 Å². The lowest BCUT2D eigenvalue weighted by atomic mass is 10.1. The SMILES string of the molecule is COc1ccc2c(c1)O/C(=C\c1ccccc1OC(=O)c1ccco1)C2=O. The Bertz CT molecular complexity index is 1050. The van der Waals surface area contributed by atoms with Gasteiger partial charge in [-0.1, -0.05) is 18.2 Å². The molecule has 0 N–H and O–H groups in total. The van der Waals surface area contributed by atoms with Crippen molar-refractivity contribution in [2.75, 3.05) is 7.11 Å². The second-order valence-corrected chi connectivity index (χ2v) is 5.71. The molecule has 4 rings (SSSR count). The molecule has 0 atom stereocenters. The molecular weight excluding hydrogens is 348 g/mol. The molecule has 1 aromatic heterocycles. The Morgan fingerprint density at radius 1 is 1.07 bits per heavy atom. The standard InChI is InChI=1S/C21H14O6/c1-24-14-8-9-15-18(12-14)26-19(20(15)22)11-13-5-2-3-6-16(13)27-21(23)17-7-4-10-25-17/h2-12H,1H3/b19-11-. The van der Waals surface area contributed by atoms with Crippen molar-refractivity contribution < 1.29 is 28.2 Å². The fourth-order valence-electron chi connectivity index (χ4n) is 2.67. The average molecular weight is 362 g/mol. The highest BCUT2D eigenvalue weighted by molar-refractivity contribution is 6.14. The van der Waals surface area contributed by atoms with Crippen LogP contribution in [0.3, 0.4) is 0 Å². The number of Topliss-reactive ketones (excluding diaryl/α,β-unsaturated/α-hetero) is 1. The number of methoxy groups -OCH3 is 1. The van der Waals surface area contributed by atoms with Crippen LogP contribution in [-0.2, 0) is 0 Å². The molecule has 6 heteroatoms. The molecule has 0 aliphatic carbocycles. The number of benzene rings is 2. The quantitative estimate of drug-likeness (QED) is 0.395. The summed E-state index contributed by atoms with van der Waals surface area (Å²) >= 11 is 0. The Morgan fingerprint density at radius 3 is 2.70 bits per heavy atom. The minimum atomic E-state index is -0.627. The zero-order valence-electron chi connectivity index (χ0n) is 14.3. The maximum absolute atomic E-state index is 12.6. The highest BCUT2D eigenvalue weighted by Crippen LogP contribution is 2.35. The molecule has 0 radical (unpaired) electrons. The maximum atomic E-state index is 12.6.